The number of hydrogen-bond acceptors (Lipinski definition) is 7. The molecule has 0 fully saturated rings. The largest absolute Gasteiger partial charge is 0.342 e. The van der Waals surface area contributed by atoms with Crippen LogP contribution in [0.3, 0.4) is 0 Å². The smallest absolute Gasteiger partial charge is 0.280 e. The summed E-state index contributed by atoms with van der Waals surface area (Å²) in [7, 11) is -3.81. The molecule has 0 spiro atoms. The second-order valence-electron chi connectivity index (χ2n) is 7.59. The van der Waals surface area contributed by atoms with E-state index in [2.05, 4.69) is 0 Å². The van der Waals surface area contributed by atoms with Crippen LogP contribution in [0.1, 0.15) is 30.9 Å². The van der Waals surface area contributed by atoms with E-state index in [4.69, 9.17) is 0 Å². The molecule has 3 aromatic carbocycles. The summed E-state index contributed by atoms with van der Waals surface area (Å²) in [5.74, 6) is -1.60. The molecule has 0 heterocycles. The predicted octanol–water partition coefficient (Wildman–Crippen LogP) is 4.34. The Labute approximate surface area is 202 Å². The van der Waals surface area contributed by atoms with Crippen molar-refractivity contribution in [1.82, 2.24) is 4.90 Å². The first kappa shape index (κ1) is 25.5. The fourth-order valence-corrected chi connectivity index (χ4v) is 5.08. The van der Waals surface area contributed by atoms with Gasteiger partial charge in [-0.05, 0) is 49.7 Å². The van der Waals surface area contributed by atoms with E-state index in [9.17, 15) is 33.4 Å². The minimum absolute atomic E-state index is 0.000289. The topological polar surface area (TPSA) is 141 Å². The van der Waals surface area contributed by atoms with Crippen molar-refractivity contribution in [3.63, 3.8) is 0 Å². The van der Waals surface area contributed by atoms with Crippen molar-refractivity contribution < 1.29 is 23.1 Å². The van der Waals surface area contributed by atoms with E-state index in [0.717, 1.165) is 12.1 Å². The molecule has 10 nitrogen and oxygen atoms in total. The van der Waals surface area contributed by atoms with Crippen molar-refractivity contribution in [2.75, 3.05) is 13.1 Å². The molecule has 0 radical (unpaired) electrons. The zero-order valence-corrected chi connectivity index (χ0v) is 19.8. The second-order valence-corrected chi connectivity index (χ2v) is 9.54. The highest BCUT2D eigenvalue weighted by Gasteiger charge is 2.33. The van der Waals surface area contributed by atoms with Crippen LogP contribution in [-0.2, 0) is 14.6 Å². The SMILES string of the molecule is CCN(CC)C(=O)C(c1ccc(S(=O)(=O)c2ccccc2)cc1)c1ccc([N+](=O)[O-])cc1[N+](=O)[O-]. The number of hydrogen-bond donors (Lipinski definition) is 0. The van der Waals surface area contributed by atoms with Gasteiger partial charge in [0.05, 0.1) is 31.6 Å². The van der Waals surface area contributed by atoms with Gasteiger partial charge >= 0.3 is 0 Å². The minimum atomic E-state index is -3.81. The van der Waals surface area contributed by atoms with Crippen LogP contribution < -0.4 is 0 Å². The monoisotopic (exact) mass is 497 g/mol. The molecule has 0 aliphatic rings. The molecular formula is C24H23N3O7S. The highest BCUT2D eigenvalue weighted by Crippen LogP contribution is 2.36. The van der Waals surface area contributed by atoms with Gasteiger partial charge in [-0.25, -0.2) is 8.42 Å². The zero-order chi connectivity index (χ0) is 25.8. The molecule has 1 atom stereocenters. The van der Waals surface area contributed by atoms with E-state index in [-0.39, 0.29) is 15.4 Å². The standard InChI is InChI=1S/C24H23N3O7S/c1-3-25(4-2)24(28)23(21-15-12-18(26(29)30)16-22(21)27(31)32)17-10-13-20(14-11-17)35(33,34)19-8-6-5-7-9-19/h5-16,23H,3-4H2,1-2H3. The number of sulfone groups is 1. The molecule has 0 saturated heterocycles. The number of carbonyl (C=O) groups excluding carboxylic acids is 1. The molecule has 1 amide bonds. The number of non-ortho nitro benzene ring substituents is 1. The number of rotatable bonds is 9. The van der Waals surface area contributed by atoms with Gasteiger partial charge in [-0.2, -0.15) is 0 Å². The summed E-state index contributed by atoms with van der Waals surface area (Å²) in [6.45, 7) is 4.21. The summed E-state index contributed by atoms with van der Waals surface area (Å²) in [4.78, 5) is 36.5. The Morgan fingerprint density at radius 1 is 0.857 bits per heavy atom. The second kappa shape index (κ2) is 10.4. The minimum Gasteiger partial charge on any atom is -0.342 e. The first-order chi connectivity index (χ1) is 16.6. The first-order valence-electron chi connectivity index (χ1n) is 10.7. The van der Waals surface area contributed by atoms with E-state index < -0.39 is 42.9 Å². The Bertz CT molecular complexity index is 1350. The van der Waals surface area contributed by atoms with Gasteiger partial charge in [0, 0.05) is 24.7 Å². The molecule has 0 aliphatic carbocycles. The Morgan fingerprint density at radius 3 is 1.94 bits per heavy atom. The lowest BCUT2D eigenvalue weighted by atomic mass is 9.88. The van der Waals surface area contributed by atoms with Crippen molar-refractivity contribution in [2.24, 2.45) is 0 Å². The molecule has 3 aromatic rings. The number of amides is 1. The first-order valence-corrected chi connectivity index (χ1v) is 12.2. The molecule has 0 bridgehead atoms. The van der Waals surface area contributed by atoms with E-state index in [0.29, 0.717) is 18.7 Å². The molecule has 0 N–H and O–H groups in total. The molecule has 182 valence electrons. The van der Waals surface area contributed by atoms with Crippen LogP contribution >= 0.6 is 0 Å². The highest BCUT2D eigenvalue weighted by molar-refractivity contribution is 7.91. The average Bonchev–Trinajstić information content (AvgIpc) is 2.85. The third kappa shape index (κ3) is 5.19. The van der Waals surface area contributed by atoms with Crippen molar-refractivity contribution >= 4 is 27.1 Å². The lowest BCUT2D eigenvalue weighted by Crippen LogP contribution is -2.35. The van der Waals surface area contributed by atoms with Crippen LogP contribution in [-0.4, -0.2) is 42.2 Å². The zero-order valence-electron chi connectivity index (χ0n) is 19.0. The fourth-order valence-electron chi connectivity index (χ4n) is 3.80. The number of benzene rings is 3. The van der Waals surface area contributed by atoms with Gasteiger partial charge in [0.25, 0.3) is 11.4 Å². The van der Waals surface area contributed by atoms with Gasteiger partial charge in [-0.1, -0.05) is 30.3 Å². The third-order valence-corrected chi connectivity index (χ3v) is 7.42. The van der Waals surface area contributed by atoms with Gasteiger partial charge in [-0.15, -0.1) is 0 Å². The maximum absolute atomic E-state index is 13.5. The summed E-state index contributed by atoms with van der Waals surface area (Å²) in [5.41, 5.74) is -0.730. The van der Waals surface area contributed by atoms with Crippen LogP contribution in [0.5, 0.6) is 0 Å². The van der Waals surface area contributed by atoms with Crippen molar-refractivity contribution in [3.8, 4) is 0 Å². The van der Waals surface area contributed by atoms with Gasteiger partial charge < -0.3 is 4.90 Å². The van der Waals surface area contributed by atoms with E-state index in [1.807, 2.05) is 0 Å². The highest BCUT2D eigenvalue weighted by atomic mass is 32.2. The van der Waals surface area contributed by atoms with Gasteiger partial charge in [0.1, 0.15) is 0 Å². The molecule has 0 aliphatic heterocycles. The number of carbonyl (C=O) groups is 1. The quantitative estimate of drug-likeness (QED) is 0.316. The van der Waals surface area contributed by atoms with E-state index >= 15 is 0 Å². The van der Waals surface area contributed by atoms with Gasteiger partial charge in [0.15, 0.2) is 0 Å². The number of nitro benzene ring substituents is 2. The van der Waals surface area contributed by atoms with E-state index in [1.54, 1.807) is 32.0 Å². The summed E-state index contributed by atoms with van der Waals surface area (Å²) in [5, 5.41) is 22.9. The van der Waals surface area contributed by atoms with Crippen LogP contribution in [0, 0.1) is 20.2 Å². The Balaban J connectivity index is 2.16. The molecule has 35 heavy (non-hydrogen) atoms. The fraction of sp³-hybridized carbons (Fsp3) is 0.208. The Hall–Kier alpha value is -4.12. The summed E-state index contributed by atoms with van der Waals surface area (Å²) < 4.78 is 25.9. The molecule has 1 unspecified atom stereocenters. The van der Waals surface area contributed by atoms with Crippen LogP contribution in [0.2, 0.25) is 0 Å². The number of nitrogens with zero attached hydrogens (tertiary/aromatic N) is 3. The van der Waals surface area contributed by atoms with Gasteiger partial charge in [-0.3, -0.25) is 25.0 Å². The van der Waals surface area contributed by atoms with E-state index in [1.165, 1.54) is 47.4 Å². The maximum atomic E-state index is 13.5. The summed E-state index contributed by atoms with van der Waals surface area (Å²) >= 11 is 0. The number of likely N-dealkylation sites (N-methyl/N-ethyl adjacent to an activating group) is 1. The molecule has 0 aromatic heterocycles. The molecule has 0 saturated carbocycles. The third-order valence-electron chi connectivity index (χ3n) is 5.63. The van der Waals surface area contributed by atoms with Crippen LogP contribution in [0.25, 0.3) is 0 Å². The maximum Gasteiger partial charge on any atom is 0.280 e. The Morgan fingerprint density at radius 2 is 1.43 bits per heavy atom. The van der Waals surface area contributed by atoms with Crippen molar-refractivity contribution in [2.45, 2.75) is 29.6 Å². The van der Waals surface area contributed by atoms with Crippen molar-refractivity contribution in [1.29, 1.82) is 0 Å². The normalized spacial score (nSPS) is 12.1. The summed E-state index contributed by atoms with van der Waals surface area (Å²) in [6.07, 6.45) is 0. The average molecular weight is 498 g/mol. The predicted molar refractivity (Wildman–Crippen MR) is 128 cm³/mol. The van der Waals surface area contributed by atoms with Crippen molar-refractivity contribution in [3.05, 3.63) is 104 Å². The Kier molecular flexibility index (Phi) is 7.60. The van der Waals surface area contributed by atoms with Crippen LogP contribution in [0.4, 0.5) is 11.4 Å². The molecule has 3 rings (SSSR count). The summed E-state index contributed by atoms with van der Waals surface area (Å²) in [6, 6.07) is 16.5. The molecule has 11 heteroatoms. The lowest BCUT2D eigenvalue weighted by Gasteiger charge is -2.26. The lowest BCUT2D eigenvalue weighted by molar-refractivity contribution is -0.394. The number of nitro groups is 2. The molecular weight excluding hydrogens is 474 g/mol. The van der Waals surface area contributed by atoms with Gasteiger partial charge in [0.2, 0.25) is 15.7 Å². The van der Waals surface area contributed by atoms with Crippen LogP contribution in [0.15, 0.2) is 82.6 Å².